The molecule has 22 heavy (non-hydrogen) atoms. The number of ether oxygens (including phenoxy) is 4. The molecule has 7 nitrogen and oxygen atoms in total. The van der Waals surface area contributed by atoms with Crippen molar-refractivity contribution in [3.63, 3.8) is 0 Å². The third-order valence-electron chi connectivity index (χ3n) is 5.31. The Bertz CT molecular complexity index is 477. The van der Waals surface area contributed by atoms with Gasteiger partial charge in [-0.25, -0.2) is 0 Å². The Labute approximate surface area is 128 Å². The number of morpholine rings is 1. The van der Waals surface area contributed by atoms with Crippen LogP contribution in [0.2, 0.25) is 0 Å². The van der Waals surface area contributed by atoms with Crippen LogP contribution < -0.4 is 0 Å². The van der Waals surface area contributed by atoms with Gasteiger partial charge in [0.2, 0.25) is 0 Å². The van der Waals surface area contributed by atoms with Crippen molar-refractivity contribution in [2.24, 2.45) is 5.41 Å². The predicted octanol–water partition coefficient (Wildman–Crippen LogP) is -0.275. The first kappa shape index (κ1) is 14.4. The third-order valence-corrected chi connectivity index (χ3v) is 5.31. The first-order valence-electron chi connectivity index (χ1n) is 8.00. The van der Waals surface area contributed by atoms with Crippen LogP contribution in [0.3, 0.4) is 0 Å². The number of fused-ring (bicyclic) bond motifs is 3. The zero-order valence-electron chi connectivity index (χ0n) is 12.5. The molecule has 2 bridgehead atoms. The van der Waals surface area contributed by atoms with Crippen molar-refractivity contribution in [3.8, 4) is 0 Å². The molecule has 4 rings (SSSR count). The average molecular weight is 311 g/mol. The van der Waals surface area contributed by atoms with Gasteiger partial charge < -0.3 is 18.9 Å². The molecular formula is C15H21NO6. The molecule has 122 valence electrons. The lowest BCUT2D eigenvalue weighted by Crippen LogP contribution is -2.44. The SMILES string of the molecule is O=C(CN1CCOCC1)OC1CC2OC1CC21CCOC1=O. The van der Waals surface area contributed by atoms with Gasteiger partial charge in [0.05, 0.1) is 38.6 Å². The number of carbonyl (C=O) groups excluding carboxylic acids is 2. The fraction of sp³-hybridized carbons (Fsp3) is 0.867. The van der Waals surface area contributed by atoms with Crippen LogP contribution in [0.25, 0.3) is 0 Å². The minimum atomic E-state index is -0.474. The summed E-state index contributed by atoms with van der Waals surface area (Å²) in [4.78, 5) is 26.1. The van der Waals surface area contributed by atoms with Gasteiger partial charge in [-0.2, -0.15) is 0 Å². The van der Waals surface area contributed by atoms with Gasteiger partial charge in [-0.05, 0) is 6.42 Å². The van der Waals surface area contributed by atoms with Gasteiger partial charge in [0, 0.05) is 25.9 Å². The number of carbonyl (C=O) groups is 2. The minimum Gasteiger partial charge on any atom is -0.465 e. The standard InChI is InChI=1S/C15H21NO6/c17-13(9-16-2-5-19-6-3-16)22-10-7-12-15(8-11(10)21-12)1-4-20-14(15)18/h10-12H,1-9H2. The van der Waals surface area contributed by atoms with E-state index in [-0.39, 0.29) is 30.3 Å². The van der Waals surface area contributed by atoms with Gasteiger partial charge in [0.1, 0.15) is 11.5 Å². The molecule has 0 aliphatic carbocycles. The third kappa shape index (κ3) is 2.31. The average Bonchev–Trinajstić information content (AvgIpc) is 3.16. The van der Waals surface area contributed by atoms with E-state index in [0.29, 0.717) is 39.2 Å². The fourth-order valence-corrected chi connectivity index (χ4v) is 4.06. The molecule has 0 radical (unpaired) electrons. The number of esters is 2. The number of hydrogen-bond acceptors (Lipinski definition) is 7. The topological polar surface area (TPSA) is 74.3 Å². The lowest BCUT2D eigenvalue weighted by Gasteiger charge is -2.30. The van der Waals surface area contributed by atoms with E-state index in [2.05, 4.69) is 0 Å². The summed E-state index contributed by atoms with van der Waals surface area (Å²) in [6.45, 7) is 3.62. The molecule has 4 atom stereocenters. The Morgan fingerprint density at radius 2 is 2.14 bits per heavy atom. The van der Waals surface area contributed by atoms with Crippen LogP contribution in [0.15, 0.2) is 0 Å². The summed E-state index contributed by atoms with van der Waals surface area (Å²) in [5.41, 5.74) is -0.474. The maximum Gasteiger partial charge on any atom is 0.320 e. The summed E-state index contributed by atoms with van der Waals surface area (Å²) < 4.78 is 21.8. The Balaban J connectivity index is 1.31. The molecule has 4 heterocycles. The number of hydrogen-bond donors (Lipinski definition) is 0. The van der Waals surface area contributed by atoms with E-state index >= 15 is 0 Å². The summed E-state index contributed by atoms with van der Waals surface area (Å²) in [5, 5.41) is 0. The van der Waals surface area contributed by atoms with E-state index in [0.717, 1.165) is 19.5 Å². The van der Waals surface area contributed by atoms with E-state index in [1.165, 1.54) is 0 Å². The zero-order chi connectivity index (χ0) is 15.2. The van der Waals surface area contributed by atoms with Gasteiger partial charge in [-0.15, -0.1) is 0 Å². The molecule has 0 saturated carbocycles. The molecule has 7 heteroatoms. The van der Waals surface area contributed by atoms with E-state index in [9.17, 15) is 9.59 Å². The first-order valence-corrected chi connectivity index (χ1v) is 8.00. The largest absolute Gasteiger partial charge is 0.465 e. The molecule has 0 N–H and O–H groups in total. The summed E-state index contributed by atoms with van der Waals surface area (Å²) >= 11 is 0. The smallest absolute Gasteiger partial charge is 0.320 e. The first-order chi connectivity index (χ1) is 10.7. The van der Waals surface area contributed by atoms with Crippen LogP contribution in [0.1, 0.15) is 19.3 Å². The lowest BCUT2D eigenvalue weighted by molar-refractivity contribution is -0.154. The summed E-state index contributed by atoms with van der Waals surface area (Å²) in [5.74, 6) is -0.357. The van der Waals surface area contributed by atoms with Crippen molar-refractivity contribution in [1.29, 1.82) is 0 Å². The fourth-order valence-electron chi connectivity index (χ4n) is 4.06. The number of nitrogens with zero attached hydrogens (tertiary/aromatic N) is 1. The second-order valence-corrected chi connectivity index (χ2v) is 6.56. The normalized spacial score (nSPS) is 41.1. The highest BCUT2D eigenvalue weighted by molar-refractivity contribution is 5.80. The van der Waals surface area contributed by atoms with Crippen molar-refractivity contribution < 1.29 is 28.5 Å². The van der Waals surface area contributed by atoms with E-state index in [1.807, 2.05) is 4.90 Å². The van der Waals surface area contributed by atoms with Crippen LogP contribution in [0.5, 0.6) is 0 Å². The molecular weight excluding hydrogens is 290 g/mol. The molecule has 4 saturated heterocycles. The Morgan fingerprint density at radius 1 is 1.32 bits per heavy atom. The minimum absolute atomic E-state index is 0.141. The van der Waals surface area contributed by atoms with E-state index in [4.69, 9.17) is 18.9 Å². The summed E-state index contributed by atoms with van der Waals surface area (Å²) in [7, 11) is 0. The number of cyclic esters (lactones) is 1. The van der Waals surface area contributed by atoms with Crippen LogP contribution in [0, 0.1) is 5.41 Å². The maximum atomic E-state index is 12.1. The molecule has 4 fully saturated rings. The van der Waals surface area contributed by atoms with Crippen molar-refractivity contribution in [2.75, 3.05) is 39.5 Å². The van der Waals surface area contributed by atoms with Gasteiger partial charge in [0.15, 0.2) is 0 Å². The van der Waals surface area contributed by atoms with Crippen LogP contribution in [0.4, 0.5) is 0 Å². The van der Waals surface area contributed by atoms with E-state index in [1.54, 1.807) is 0 Å². The van der Waals surface area contributed by atoms with Gasteiger partial charge in [0.25, 0.3) is 0 Å². The van der Waals surface area contributed by atoms with Gasteiger partial charge in [-0.1, -0.05) is 0 Å². The monoisotopic (exact) mass is 311 g/mol. The van der Waals surface area contributed by atoms with Crippen molar-refractivity contribution in [2.45, 2.75) is 37.6 Å². The van der Waals surface area contributed by atoms with E-state index < -0.39 is 5.41 Å². The highest BCUT2D eigenvalue weighted by Crippen LogP contribution is 2.53. The van der Waals surface area contributed by atoms with Gasteiger partial charge in [-0.3, -0.25) is 14.5 Å². The second-order valence-electron chi connectivity index (χ2n) is 6.56. The maximum absolute atomic E-state index is 12.1. The molecule has 0 amide bonds. The Hall–Kier alpha value is -1.18. The van der Waals surface area contributed by atoms with Crippen LogP contribution in [-0.2, 0) is 28.5 Å². The summed E-state index contributed by atoms with van der Waals surface area (Å²) in [6.07, 6.45) is 1.40. The van der Waals surface area contributed by atoms with Crippen molar-refractivity contribution in [1.82, 2.24) is 4.90 Å². The van der Waals surface area contributed by atoms with Gasteiger partial charge >= 0.3 is 11.9 Å². The molecule has 0 aromatic rings. The Kier molecular flexibility index (Phi) is 3.58. The van der Waals surface area contributed by atoms with Crippen LogP contribution >= 0.6 is 0 Å². The Morgan fingerprint density at radius 3 is 2.77 bits per heavy atom. The molecule has 0 aromatic heterocycles. The summed E-state index contributed by atoms with van der Waals surface area (Å²) in [6, 6.07) is 0. The van der Waals surface area contributed by atoms with Crippen molar-refractivity contribution in [3.05, 3.63) is 0 Å². The quantitative estimate of drug-likeness (QED) is 0.664. The van der Waals surface area contributed by atoms with Crippen LogP contribution in [-0.4, -0.2) is 74.6 Å². The lowest BCUT2D eigenvalue weighted by atomic mass is 9.72. The zero-order valence-corrected chi connectivity index (χ0v) is 12.5. The molecule has 1 spiro atoms. The molecule has 4 aliphatic rings. The predicted molar refractivity (Wildman–Crippen MR) is 73.0 cm³/mol. The molecule has 4 unspecified atom stereocenters. The highest BCUT2D eigenvalue weighted by Gasteiger charge is 2.63. The second kappa shape index (κ2) is 5.47. The van der Waals surface area contributed by atoms with Crippen molar-refractivity contribution >= 4 is 11.9 Å². The molecule has 0 aromatic carbocycles. The molecule has 4 aliphatic heterocycles. The number of rotatable bonds is 3. The highest BCUT2D eigenvalue weighted by atomic mass is 16.6.